The molecule has 0 saturated carbocycles. The minimum atomic E-state index is -0.157. The van der Waals surface area contributed by atoms with Gasteiger partial charge in [-0.3, -0.25) is 0 Å². The van der Waals surface area contributed by atoms with E-state index >= 15 is 0 Å². The largest absolute Gasteiger partial charge is 0.316 e. The maximum absolute atomic E-state index is 13.1. The summed E-state index contributed by atoms with van der Waals surface area (Å²) in [5, 5.41) is 5.45. The standard InChI is InChI=1S/C15H18FNS/c1-11-8-13(16)6-5-12(11)9-14(17-2)10-15-4-3-7-18-15/h3-8,14,17H,9-10H2,1-2H3. The number of thiophene rings is 1. The summed E-state index contributed by atoms with van der Waals surface area (Å²) in [5.41, 5.74) is 2.24. The molecule has 1 nitrogen and oxygen atoms in total. The van der Waals surface area contributed by atoms with Crippen LogP contribution >= 0.6 is 11.3 Å². The molecule has 0 spiro atoms. The van der Waals surface area contributed by atoms with Crippen molar-refractivity contribution in [3.63, 3.8) is 0 Å². The highest BCUT2D eigenvalue weighted by molar-refractivity contribution is 7.09. The number of aryl methyl sites for hydroxylation is 1. The van der Waals surface area contributed by atoms with Crippen LogP contribution in [0.4, 0.5) is 4.39 Å². The molecule has 0 aliphatic rings. The molecule has 0 aliphatic heterocycles. The first-order chi connectivity index (χ1) is 8.69. The smallest absolute Gasteiger partial charge is 0.123 e. The van der Waals surface area contributed by atoms with Gasteiger partial charge >= 0.3 is 0 Å². The van der Waals surface area contributed by atoms with Gasteiger partial charge in [0, 0.05) is 10.9 Å². The van der Waals surface area contributed by atoms with Crippen LogP contribution in [0.25, 0.3) is 0 Å². The van der Waals surface area contributed by atoms with Gasteiger partial charge in [-0.15, -0.1) is 11.3 Å². The fraction of sp³-hybridized carbons (Fsp3) is 0.333. The zero-order chi connectivity index (χ0) is 13.0. The fourth-order valence-electron chi connectivity index (χ4n) is 2.10. The van der Waals surface area contributed by atoms with Crippen molar-refractivity contribution >= 4 is 11.3 Å². The molecule has 3 heteroatoms. The molecule has 0 bridgehead atoms. The van der Waals surface area contributed by atoms with Crippen LogP contribution in [0.1, 0.15) is 16.0 Å². The van der Waals surface area contributed by atoms with Gasteiger partial charge in [-0.2, -0.15) is 0 Å². The number of likely N-dealkylation sites (N-methyl/N-ethyl adjacent to an activating group) is 1. The van der Waals surface area contributed by atoms with E-state index in [9.17, 15) is 4.39 Å². The summed E-state index contributed by atoms with van der Waals surface area (Å²) in [6.07, 6.45) is 1.95. The van der Waals surface area contributed by atoms with Gasteiger partial charge in [0.05, 0.1) is 0 Å². The minimum absolute atomic E-state index is 0.157. The third kappa shape index (κ3) is 3.40. The van der Waals surface area contributed by atoms with Crippen molar-refractivity contribution in [3.05, 3.63) is 57.5 Å². The predicted octanol–water partition coefficient (Wildman–Crippen LogP) is 3.57. The first kappa shape index (κ1) is 13.2. The van der Waals surface area contributed by atoms with Crippen LogP contribution in [-0.2, 0) is 12.8 Å². The van der Waals surface area contributed by atoms with Gasteiger partial charge < -0.3 is 5.32 Å². The summed E-state index contributed by atoms with van der Waals surface area (Å²) in [4.78, 5) is 1.38. The third-order valence-electron chi connectivity index (χ3n) is 3.21. The highest BCUT2D eigenvalue weighted by atomic mass is 32.1. The topological polar surface area (TPSA) is 12.0 Å². The SMILES string of the molecule is CNC(Cc1cccs1)Cc1ccc(F)cc1C. The zero-order valence-corrected chi connectivity index (χ0v) is 11.6. The summed E-state index contributed by atoms with van der Waals surface area (Å²) in [5.74, 6) is -0.157. The van der Waals surface area contributed by atoms with Gasteiger partial charge in [0.25, 0.3) is 0 Å². The van der Waals surface area contributed by atoms with Crippen LogP contribution in [0.5, 0.6) is 0 Å². The molecule has 0 amide bonds. The number of hydrogen-bond acceptors (Lipinski definition) is 2. The molecule has 0 aliphatic carbocycles. The second-order valence-electron chi connectivity index (χ2n) is 4.54. The van der Waals surface area contributed by atoms with E-state index in [0.29, 0.717) is 6.04 Å². The Morgan fingerprint density at radius 1 is 1.28 bits per heavy atom. The van der Waals surface area contributed by atoms with Gasteiger partial charge in [0.2, 0.25) is 0 Å². The average Bonchev–Trinajstić information content (AvgIpc) is 2.84. The number of hydrogen-bond donors (Lipinski definition) is 1. The average molecular weight is 263 g/mol. The first-order valence-electron chi connectivity index (χ1n) is 6.13. The molecular weight excluding hydrogens is 245 g/mol. The van der Waals surface area contributed by atoms with Crippen LogP contribution < -0.4 is 5.32 Å². The molecule has 1 heterocycles. The molecular formula is C15H18FNS. The Morgan fingerprint density at radius 3 is 2.72 bits per heavy atom. The van der Waals surface area contributed by atoms with Gasteiger partial charge in [-0.05, 0) is 61.5 Å². The molecule has 0 radical (unpaired) electrons. The summed E-state index contributed by atoms with van der Waals surface area (Å²) in [6.45, 7) is 1.97. The van der Waals surface area contributed by atoms with E-state index in [0.717, 1.165) is 18.4 Å². The van der Waals surface area contributed by atoms with E-state index in [1.165, 1.54) is 10.4 Å². The molecule has 18 heavy (non-hydrogen) atoms. The van der Waals surface area contributed by atoms with Crippen molar-refractivity contribution < 1.29 is 4.39 Å². The van der Waals surface area contributed by atoms with Gasteiger partial charge in [0.1, 0.15) is 5.82 Å². The molecule has 2 rings (SSSR count). The lowest BCUT2D eigenvalue weighted by atomic mass is 9.99. The number of halogens is 1. The molecule has 2 aromatic rings. The van der Waals surface area contributed by atoms with E-state index in [-0.39, 0.29) is 5.82 Å². The molecule has 0 fully saturated rings. The lowest BCUT2D eigenvalue weighted by Gasteiger charge is -2.16. The fourth-order valence-corrected chi connectivity index (χ4v) is 2.89. The van der Waals surface area contributed by atoms with Gasteiger partial charge in [-0.25, -0.2) is 4.39 Å². The Morgan fingerprint density at radius 2 is 2.11 bits per heavy atom. The molecule has 0 saturated heterocycles. The van der Waals surface area contributed by atoms with E-state index in [2.05, 4.69) is 22.8 Å². The monoisotopic (exact) mass is 263 g/mol. The number of nitrogens with one attached hydrogen (secondary N) is 1. The molecule has 1 atom stereocenters. The summed E-state index contributed by atoms with van der Waals surface area (Å²) in [7, 11) is 1.98. The van der Waals surface area contributed by atoms with Crippen LogP contribution in [0.3, 0.4) is 0 Å². The second-order valence-corrected chi connectivity index (χ2v) is 5.58. The molecule has 1 aromatic carbocycles. The minimum Gasteiger partial charge on any atom is -0.316 e. The molecule has 1 N–H and O–H groups in total. The van der Waals surface area contributed by atoms with Crippen LogP contribution in [0.15, 0.2) is 35.7 Å². The Balaban J connectivity index is 2.05. The van der Waals surface area contributed by atoms with Crippen LogP contribution in [-0.4, -0.2) is 13.1 Å². The predicted molar refractivity (Wildman–Crippen MR) is 75.7 cm³/mol. The first-order valence-corrected chi connectivity index (χ1v) is 7.01. The van der Waals surface area contributed by atoms with Crippen LogP contribution in [0.2, 0.25) is 0 Å². The summed E-state index contributed by atoms with van der Waals surface area (Å²) in [6, 6.07) is 9.67. The number of rotatable bonds is 5. The van der Waals surface area contributed by atoms with Crippen molar-refractivity contribution in [2.45, 2.75) is 25.8 Å². The van der Waals surface area contributed by atoms with Crippen molar-refractivity contribution in [1.29, 1.82) is 0 Å². The molecule has 96 valence electrons. The van der Waals surface area contributed by atoms with Gasteiger partial charge in [-0.1, -0.05) is 12.1 Å². The maximum Gasteiger partial charge on any atom is 0.123 e. The summed E-state index contributed by atoms with van der Waals surface area (Å²) >= 11 is 1.78. The van der Waals surface area contributed by atoms with Crippen molar-refractivity contribution in [3.8, 4) is 0 Å². The quantitative estimate of drug-likeness (QED) is 0.869. The second kappa shape index (κ2) is 6.12. The zero-order valence-electron chi connectivity index (χ0n) is 10.7. The molecule has 1 unspecified atom stereocenters. The Labute approximate surface area is 112 Å². The van der Waals surface area contributed by atoms with E-state index < -0.39 is 0 Å². The highest BCUT2D eigenvalue weighted by Crippen LogP contribution is 2.16. The van der Waals surface area contributed by atoms with E-state index in [1.54, 1.807) is 23.5 Å². The third-order valence-corrected chi connectivity index (χ3v) is 4.11. The maximum atomic E-state index is 13.1. The van der Waals surface area contributed by atoms with E-state index in [4.69, 9.17) is 0 Å². The Bertz CT molecular complexity index is 493. The van der Waals surface area contributed by atoms with Crippen molar-refractivity contribution in [1.82, 2.24) is 5.32 Å². The number of benzene rings is 1. The molecule has 1 aromatic heterocycles. The lowest BCUT2D eigenvalue weighted by Crippen LogP contribution is -2.29. The Kier molecular flexibility index (Phi) is 4.50. The van der Waals surface area contributed by atoms with Gasteiger partial charge in [0.15, 0.2) is 0 Å². The Hall–Kier alpha value is -1.19. The highest BCUT2D eigenvalue weighted by Gasteiger charge is 2.11. The van der Waals surface area contributed by atoms with E-state index in [1.807, 2.05) is 20.0 Å². The van der Waals surface area contributed by atoms with Crippen molar-refractivity contribution in [2.24, 2.45) is 0 Å². The summed E-state index contributed by atoms with van der Waals surface area (Å²) < 4.78 is 13.1. The van der Waals surface area contributed by atoms with Crippen LogP contribution in [0, 0.1) is 12.7 Å². The lowest BCUT2D eigenvalue weighted by molar-refractivity contribution is 0.557. The van der Waals surface area contributed by atoms with Crippen molar-refractivity contribution in [2.75, 3.05) is 7.05 Å². The normalized spacial score (nSPS) is 12.6.